The molecule has 0 aliphatic carbocycles. The van der Waals surface area contributed by atoms with Crippen LogP contribution in [-0.2, 0) is 13.0 Å². The van der Waals surface area contributed by atoms with Gasteiger partial charge in [-0.05, 0) is 31.4 Å². The first-order valence-corrected chi connectivity index (χ1v) is 8.28. The molecule has 23 heavy (non-hydrogen) atoms. The first kappa shape index (κ1) is 13.2. The van der Waals surface area contributed by atoms with E-state index < -0.39 is 0 Å². The second-order valence-electron chi connectivity index (χ2n) is 6.70. The van der Waals surface area contributed by atoms with Crippen LogP contribution in [0, 0.1) is 6.92 Å². The van der Waals surface area contributed by atoms with Crippen LogP contribution in [0.3, 0.4) is 0 Å². The molecule has 5 nitrogen and oxygen atoms in total. The van der Waals surface area contributed by atoms with Crippen LogP contribution in [0.15, 0.2) is 36.8 Å². The smallest absolute Gasteiger partial charge is 0.155 e. The Kier molecular flexibility index (Phi) is 2.79. The molecule has 2 aliphatic rings. The maximum absolute atomic E-state index is 4.66. The number of hydrogen-bond acceptors (Lipinski definition) is 4. The maximum Gasteiger partial charge on any atom is 0.155 e. The van der Waals surface area contributed by atoms with E-state index >= 15 is 0 Å². The van der Waals surface area contributed by atoms with E-state index in [1.165, 1.54) is 29.7 Å². The zero-order chi connectivity index (χ0) is 15.4. The normalized spacial score (nSPS) is 23.3. The van der Waals surface area contributed by atoms with Gasteiger partial charge in [0.25, 0.3) is 0 Å². The van der Waals surface area contributed by atoms with E-state index in [0.29, 0.717) is 12.1 Å². The number of aryl methyl sites for hydroxylation is 1. The van der Waals surface area contributed by atoms with E-state index in [9.17, 15) is 0 Å². The van der Waals surface area contributed by atoms with Crippen molar-refractivity contribution < 1.29 is 0 Å². The third-order valence-electron chi connectivity index (χ3n) is 5.26. The van der Waals surface area contributed by atoms with Crippen LogP contribution in [0.2, 0.25) is 0 Å². The molecule has 0 amide bonds. The molecule has 2 unspecified atom stereocenters. The van der Waals surface area contributed by atoms with Gasteiger partial charge in [0.1, 0.15) is 0 Å². The van der Waals surface area contributed by atoms with Gasteiger partial charge in [0, 0.05) is 55.3 Å². The van der Waals surface area contributed by atoms with Crippen molar-refractivity contribution >= 4 is 5.65 Å². The molecule has 5 rings (SSSR count). The van der Waals surface area contributed by atoms with Crippen molar-refractivity contribution in [1.29, 1.82) is 0 Å². The third-order valence-corrected chi connectivity index (χ3v) is 5.26. The minimum Gasteiger partial charge on any atom is -0.289 e. The topological polar surface area (TPSA) is 46.3 Å². The fourth-order valence-corrected chi connectivity index (χ4v) is 4.25. The fraction of sp³-hybridized carbons (Fsp3) is 0.389. The summed E-state index contributed by atoms with van der Waals surface area (Å²) < 4.78 is 2.07. The lowest BCUT2D eigenvalue weighted by Gasteiger charge is -2.36. The SMILES string of the molecule is Cc1cc2ncc3c(n2n1)CC1CCC3N1Cc1cccnc1. The van der Waals surface area contributed by atoms with Crippen molar-refractivity contribution in [2.24, 2.45) is 0 Å². The molecule has 5 heteroatoms. The van der Waals surface area contributed by atoms with Crippen molar-refractivity contribution in [3.05, 3.63) is 59.3 Å². The number of pyridine rings is 1. The Morgan fingerprint density at radius 2 is 2.22 bits per heavy atom. The number of hydrogen-bond donors (Lipinski definition) is 0. The van der Waals surface area contributed by atoms with Crippen LogP contribution < -0.4 is 0 Å². The zero-order valence-corrected chi connectivity index (χ0v) is 13.2. The summed E-state index contributed by atoms with van der Waals surface area (Å²) in [5, 5.41) is 4.66. The highest BCUT2D eigenvalue weighted by Gasteiger charge is 2.41. The summed E-state index contributed by atoms with van der Waals surface area (Å²) >= 11 is 0. The van der Waals surface area contributed by atoms with E-state index in [1.807, 2.05) is 25.4 Å². The van der Waals surface area contributed by atoms with Gasteiger partial charge in [-0.15, -0.1) is 0 Å². The van der Waals surface area contributed by atoms with Gasteiger partial charge in [-0.3, -0.25) is 9.88 Å². The standard InChI is InChI=1S/C18H19N5/c1-12-7-18-20-10-15-16-5-4-14(8-17(15)23(18)21-12)22(16)11-13-3-2-6-19-9-13/h2-3,6-7,9-10,14,16H,4-5,8,11H2,1H3. The first-order valence-electron chi connectivity index (χ1n) is 8.28. The number of fused-ring (bicyclic) bond motifs is 6. The molecule has 2 atom stereocenters. The maximum atomic E-state index is 4.66. The van der Waals surface area contributed by atoms with Crippen LogP contribution in [0.1, 0.15) is 41.4 Å². The summed E-state index contributed by atoms with van der Waals surface area (Å²) in [5.41, 5.74) is 6.02. The minimum atomic E-state index is 0.463. The van der Waals surface area contributed by atoms with Gasteiger partial charge in [0.05, 0.1) is 11.4 Å². The van der Waals surface area contributed by atoms with E-state index in [-0.39, 0.29) is 0 Å². The predicted molar refractivity (Wildman–Crippen MR) is 87.0 cm³/mol. The Morgan fingerprint density at radius 1 is 1.26 bits per heavy atom. The van der Waals surface area contributed by atoms with Crippen LogP contribution in [0.25, 0.3) is 5.65 Å². The first-order chi connectivity index (χ1) is 11.3. The summed E-state index contributed by atoms with van der Waals surface area (Å²) in [5.74, 6) is 0. The van der Waals surface area contributed by atoms with Crippen molar-refractivity contribution in [2.75, 3.05) is 0 Å². The Hall–Kier alpha value is -2.27. The van der Waals surface area contributed by atoms with Crippen LogP contribution in [-0.4, -0.2) is 30.5 Å². The second-order valence-corrected chi connectivity index (χ2v) is 6.70. The van der Waals surface area contributed by atoms with Crippen LogP contribution in [0.5, 0.6) is 0 Å². The molecular formula is C18H19N5. The van der Waals surface area contributed by atoms with Crippen LogP contribution >= 0.6 is 0 Å². The third kappa shape index (κ3) is 2.00. The zero-order valence-electron chi connectivity index (χ0n) is 13.2. The van der Waals surface area contributed by atoms with Gasteiger partial charge in [0.2, 0.25) is 0 Å². The molecule has 0 N–H and O–H groups in total. The van der Waals surface area contributed by atoms with Gasteiger partial charge in [-0.25, -0.2) is 9.50 Å². The molecule has 3 aromatic rings. The Morgan fingerprint density at radius 3 is 3.09 bits per heavy atom. The van der Waals surface area contributed by atoms with Crippen molar-refractivity contribution in [1.82, 2.24) is 24.5 Å². The van der Waals surface area contributed by atoms with E-state index in [2.05, 4.69) is 42.8 Å². The minimum absolute atomic E-state index is 0.463. The predicted octanol–water partition coefficient (Wildman–Crippen LogP) is 2.69. The summed E-state index contributed by atoms with van der Waals surface area (Å²) in [7, 11) is 0. The number of aromatic nitrogens is 4. The molecule has 2 aliphatic heterocycles. The number of nitrogens with zero attached hydrogens (tertiary/aromatic N) is 5. The summed E-state index contributed by atoms with van der Waals surface area (Å²) in [6.07, 6.45) is 9.42. The largest absolute Gasteiger partial charge is 0.289 e. The average molecular weight is 305 g/mol. The summed E-state index contributed by atoms with van der Waals surface area (Å²) in [6, 6.07) is 7.31. The Balaban J connectivity index is 1.56. The van der Waals surface area contributed by atoms with E-state index in [0.717, 1.165) is 24.3 Å². The molecule has 0 aromatic carbocycles. The van der Waals surface area contributed by atoms with Crippen molar-refractivity contribution in [2.45, 2.75) is 44.8 Å². The van der Waals surface area contributed by atoms with Crippen molar-refractivity contribution in [3.63, 3.8) is 0 Å². The highest BCUT2D eigenvalue weighted by molar-refractivity contribution is 5.44. The molecule has 116 valence electrons. The summed E-state index contributed by atoms with van der Waals surface area (Å²) in [4.78, 5) is 11.5. The molecule has 0 spiro atoms. The van der Waals surface area contributed by atoms with Gasteiger partial charge >= 0.3 is 0 Å². The Bertz CT molecular complexity index is 870. The monoisotopic (exact) mass is 305 g/mol. The lowest BCUT2D eigenvalue weighted by molar-refractivity contribution is 0.165. The molecule has 0 radical (unpaired) electrons. The number of rotatable bonds is 2. The van der Waals surface area contributed by atoms with Crippen LogP contribution in [0.4, 0.5) is 0 Å². The average Bonchev–Trinajstić information content (AvgIpc) is 3.07. The molecule has 0 saturated carbocycles. The van der Waals surface area contributed by atoms with Gasteiger partial charge in [-0.1, -0.05) is 6.07 Å². The molecule has 3 aromatic heterocycles. The summed E-state index contributed by atoms with van der Waals surface area (Å²) in [6.45, 7) is 3.01. The second kappa shape index (κ2) is 4.86. The quantitative estimate of drug-likeness (QED) is 0.730. The van der Waals surface area contributed by atoms with E-state index in [4.69, 9.17) is 0 Å². The Labute approximate surface area is 135 Å². The molecular weight excluding hydrogens is 286 g/mol. The fourth-order valence-electron chi connectivity index (χ4n) is 4.25. The highest BCUT2D eigenvalue weighted by Crippen LogP contribution is 2.44. The highest BCUT2D eigenvalue weighted by atomic mass is 15.3. The van der Waals surface area contributed by atoms with E-state index in [1.54, 1.807) is 0 Å². The molecule has 1 saturated heterocycles. The molecule has 5 heterocycles. The van der Waals surface area contributed by atoms with Gasteiger partial charge in [-0.2, -0.15) is 5.10 Å². The van der Waals surface area contributed by atoms with Gasteiger partial charge < -0.3 is 0 Å². The lowest BCUT2D eigenvalue weighted by atomic mass is 9.98. The lowest BCUT2D eigenvalue weighted by Crippen LogP contribution is -2.38. The van der Waals surface area contributed by atoms with Crippen molar-refractivity contribution in [3.8, 4) is 0 Å². The molecule has 2 bridgehead atoms. The van der Waals surface area contributed by atoms with Gasteiger partial charge in [0.15, 0.2) is 5.65 Å². The molecule has 1 fully saturated rings.